The van der Waals surface area contributed by atoms with E-state index in [2.05, 4.69) is 22.9 Å². The van der Waals surface area contributed by atoms with Crippen molar-refractivity contribution in [2.24, 2.45) is 0 Å². The van der Waals surface area contributed by atoms with Gasteiger partial charge in [-0.25, -0.2) is 4.98 Å². The Balaban J connectivity index is 1.60. The average Bonchev–Trinajstić information content (AvgIpc) is 3.05. The van der Waals surface area contributed by atoms with Crippen molar-refractivity contribution in [1.29, 1.82) is 0 Å². The topological polar surface area (TPSA) is 50.8 Å². The molecule has 0 aliphatic rings. The van der Waals surface area contributed by atoms with Crippen molar-refractivity contribution in [2.75, 3.05) is 7.05 Å². The van der Waals surface area contributed by atoms with Gasteiger partial charge in [0, 0.05) is 24.2 Å². The van der Waals surface area contributed by atoms with Crippen LogP contribution < -0.4 is 5.56 Å². The van der Waals surface area contributed by atoms with Crippen LogP contribution >= 0.6 is 0 Å². The van der Waals surface area contributed by atoms with Gasteiger partial charge in [0.15, 0.2) is 0 Å². The summed E-state index contributed by atoms with van der Waals surface area (Å²) >= 11 is 0. The molecular weight excluding hydrogens is 314 g/mol. The minimum atomic E-state index is -0.0645. The van der Waals surface area contributed by atoms with Crippen molar-refractivity contribution in [3.63, 3.8) is 0 Å². The molecule has 0 N–H and O–H groups in total. The first-order valence-corrected chi connectivity index (χ1v) is 8.28. The third-order valence-electron chi connectivity index (χ3n) is 4.55. The van der Waals surface area contributed by atoms with Crippen molar-refractivity contribution in [2.45, 2.75) is 19.5 Å². The minimum absolute atomic E-state index is 0.0645. The molecule has 0 saturated heterocycles. The Labute approximate surface area is 145 Å². The predicted molar refractivity (Wildman–Crippen MR) is 97.6 cm³/mol. The molecule has 0 unspecified atom stereocenters. The Bertz CT molecular complexity index is 1060. The van der Waals surface area contributed by atoms with Gasteiger partial charge in [0.1, 0.15) is 17.0 Å². The number of aromatic nitrogens is 2. The van der Waals surface area contributed by atoms with Crippen LogP contribution in [0.2, 0.25) is 0 Å². The molecule has 0 aliphatic heterocycles. The maximum absolute atomic E-state index is 12.2. The van der Waals surface area contributed by atoms with Crippen LogP contribution in [-0.4, -0.2) is 21.3 Å². The van der Waals surface area contributed by atoms with Crippen LogP contribution in [0.4, 0.5) is 0 Å². The van der Waals surface area contributed by atoms with E-state index in [4.69, 9.17) is 4.42 Å². The molecule has 0 fully saturated rings. The van der Waals surface area contributed by atoms with Gasteiger partial charge in [-0.1, -0.05) is 24.3 Å². The number of para-hydroxylation sites is 1. The van der Waals surface area contributed by atoms with Crippen LogP contribution in [0.5, 0.6) is 0 Å². The van der Waals surface area contributed by atoms with Crippen molar-refractivity contribution in [3.05, 3.63) is 82.6 Å². The van der Waals surface area contributed by atoms with Gasteiger partial charge in [0.25, 0.3) is 5.56 Å². The molecule has 3 aromatic heterocycles. The number of pyridine rings is 1. The zero-order valence-corrected chi connectivity index (χ0v) is 14.2. The van der Waals surface area contributed by atoms with Crippen molar-refractivity contribution < 1.29 is 4.42 Å². The fourth-order valence-electron chi connectivity index (χ4n) is 3.00. The number of hydrogen-bond donors (Lipinski definition) is 0. The van der Waals surface area contributed by atoms with Gasteiger partial charge < -0.3 is 4.42 Å². The van der Waals surface area contributed by atoms with Crippen LogP contribution in [0.25, 0.3) is 16.6 Å². The fourth-order valence-corrected chi connectivity index (χ4v) is 3.00. The highest BCUT2D eigenvalue weighted by molar-refractivity contribution is 5.77. The van der Waals surface area contributed by atoms with E-state index in [0.717, 1.165) is 22.4 Å². The molecule has 0 saturated carbocycles. The van der Waals surface area contributed by atoms with Crippen molar-refractivity contribution in [3.8, 4) is 0 Å². The van der Waals surface area contributed by atoms with E-state index < -0.39 is 0 Å². The summed E-state index contributed by atoms with van der Waals surface area (Å²) in [4.78, 5) is 18.9. The number of fused-ring (bicyclic) bond motifs is 2. The second-order valence-corrected chi connectivity index (χ2v) is 6.29. The largest absolute Gasteiger partial charge is 0.459 e. The first-order valence-electron chi connectivity index (χ1n) is 8.28. The molecule has 1 atom stereocenters. The molecule has 0 bridgehead atoms. The molecule has 0 spiro atoms. The molecule has 0 amide bonds. The highest BCUT2D eigenvalue weighted by Crippen LogP contribution is 2.27. The number of hydrogen-bond acceptors (Lipinski definition) is 4. The van der Waals surface area contributed by atoms with Gasteiger partial charge >= 0.3 is 0 Å². The summed E-state index contributed by atoms with van der Waals surface area (Å²) in [5.41, 5.74) is 2.24. The van der Waals surface area contributed by atoms with Gasteiger partial charge in [0.2, 0.25) is 0 Å². The lowest BCUT2D eigenvalue weighted by molar-refractivity contribution is 0.224. The van der Waals surface area contributed by atoms with E-state index in [1.54, 1.807) is 16.7 Å². The standard InChI is InChI=1S/C20H19N3O2/c1-14(18-11-15-7-3-4-8-17(15)25-18)22(2)13-16-12-20(24)23-10-6-5-9-19(23)21-16/h3-12,14H,13H2,1-2H3/t14-/m1/s1. The molecular formula is C20H19N3O2. The number of furan rings is 1. The average molecular weight is 333 g/mol. The monoisotopic (exact) mass is 333 g/mol. The van der Waals surface area contributed by atoms with E-state index in [0.29, 0.717) is 12.2 Å². The lowest BCUT2D eigenvalue weighted by atomic mass is 10.2. The SMILES string of the molecule is C[C@H](c1cc2ccccc2o1)N(C)Cc1cc(=O)n2ccccc2n1. The molecule has 5 heteroatoms. The van der Waals surface area contributed by atoms with Crippen LogP contribution in [0.15, 0.2) is 70.0 Å². The molecule has 25 heavy (non-hydrogen) atoms. The summed E-state index contributed by atoms with van der Waals surface area (Å²) in [6, 6.07) is 17.3. The zero-order chi connectivity index (χ0) is 17.4. The highest BCUT2D eigenvalue weighted by atomic mass is 16.3. The maximum Gasteiger partial charge on any atom is 0.258 e. The Morgan fingerprint density at radius 1 is 1.16 bits per heavy atom. The Hall–Kier alpha value is -2.92. The summed E-state index contributed by atoms with van der Waals surface area (Å²) < 4.78 is 7.50. The Kier molecular flexibility index (Phi) is 3.86. The van der Waals surface area contributed by atoms with Gasteiger partial charge in [-0.2, -0.15) is 0 Å². The van der Waals surface area contributed by atoms with E-state index in [-0.39, 0.29) is 11.6 Å². The van der Waals surface area contributed by atoms with Crippen LogP contribution in [0.1, 0.15) is 24.4 Å². The van der Waals surface area contributed by atoms with Crippen LogP contribution in [-0.2, 0) is 6.54 Å². The lowest BCUT2D eigenvalue weighted by Gasteiger charge is -2.22. The fraction of sp³-hybridized carbons (Fsp3) is 0.200. The predicted octanol–water partition coefficient (Wildman–Crippen LogP) is 3.63. The van der Waals surface area contributed by atoms with E-state index in [1.807, 2.05) is 49.5 Å². The maximum atomic E-state index is 12.2. The van der Waals surface area contributed by atoms with E-state index in [1.165, 1.54) is 0 Å². The number of rotatable bonds is 4. The third kappa shape index (κ3) is 2.94. The minimum Gasteiger partial charge on any atom is -0.459 e. The normalized spacial score (nSPS) is 12.9. The smallest absolute Gasteiger partial charge is 0.258 e. The Morgan fingerprint density at radius 3 is 2.80 bits per heavy atom. The third-order valence-corrected chi connectivity index (χ3v) is 4.55. The Morgan fingerprint density at radius 2 is 1.96 bits per heavy atom. The number of benzene rings is 1. The lowest BCUT2D eigenvalue weighted by Crippen LogP contribution is -2.24. The summed E-state index contributed by atoms with van der Waals surface area (Å²) in [7, 11) is 2.01. The van der Waals surface area contributed by atoms with Crippen LogP contribution in [0, 0.1) is 0 Å². The molecule has 4 rings (SSSR count). The second kappa shape index (κ2) is 6.18. The van der Waals surface area contributed by atoms with E-state index in [9.17, 15) is 4.79 Å². The van der Waals surface area contributed by atoms with Gasteiger partial charge in [-0.05, 0) is 38.2 Å². The van der Waals surface area contributed by atoms with Crippen molar-refractivity contribution >= 4 is 16.6 Å². The molecule has 0 aliphatic carbocycles. The second-order valence-electron chi connectivity index (χ2n) is 6.29. The molecule has 1 aromatic carbocycles. The summed E-state index contributed by atoms with van der Waals surface area (Å²) in [5.74, 6) is 0.904. The quantitative estimate of drug-likeness (QED) is 0.572. The summed E-state index contributed by atoms with van der Waals surface area (Å²) in [5, 5.41) is 1.10. The molecule has 126 valence electrons. The van der Waals surface area contributed by atoms with Gasteiger partial charge in [-0.3, -0.25) is 14.1 Å². The van der Waals surface area contributed by atoms with Crippen LogP contribution in [0.3, 0.4) is 0 Å². The molecule has 0 radical (unpaired) electrons. The first-order chi connectivity index (χ1) is 12.1. The van der Waals surface area contributed by atoms with Crippen molar-refractivity contribution in [1.82, 2.24) is 14.3 Å². The van der Waals surface area contributed by atoms with E-state index >= 15 is 0 Å². The van der Waals surface area contributed by atoms with Gasteiger partial charge in [0.05, 0.1) is 11.7 Å². The molecule has 4 aromatic rings. The summed E-state index contributed by atoms with van der Waals surface area (Å²) in [6.07, 6.45) is 1.73. The summed E-state index contributed by atoms with van der Waals surface area (Å²) in [6.45, 7) is 2.66. The highest BCUT2D eigenvalue weighted by Gasteiger charge is 2.17. The first kappa shape index (κ1) is 15.6. The molecule has 3 heterocycles. The zero-order valence-electron chi connectivity index (χ0n) is 14.2. The molecule has 5 nitrogen and oxygen atoms in total. The number of nitrogens with zero attached hydrogens (tertiary/aromatic N) is 3. The van der Waals surface area contributed by atoms with Gasteiger partial charge in [-0.15, -0.1) is 0 Å².